The monoisotopic (exact) mass is 280 g/mol. The average Bonchev–Trinajstić information content (AvgIpc) is 2.58. The van der Waals surface area contributed by atoms with E-state index in [0.29, 0.717) is 10.6 Å². The van der Waals surface area contributed by atoms with Gasteiger partial charge in [0.25, 0.3) is 0 Å². The molecule has 0 fully saturated rings. The van der Waals surface area contributed by atoms with Gasteiger partial charge in [0.1, 0.15) is 0 Å². The Balaban J connectivity index is 3.02. The zero-order chi connectivity index (χ0) is 14.1. The minimum Gasteiger partial charge on any atom is -0.487 e. The molecule has 0 saturated heterocycles. The van der Waals surface area contributed by atoms with E-state index >= 15 is 0 Å². The van der Waals surface area contributed by atoms with Gasteiger partial charge in [0.2, 0.25) is 5.78 Å². The van der Waals surface area contributed by atoms with Gasteiger partial charge in [0, 0.05) is 22.3 Å². The van der Waals surface area contributed by atoms with E-state index in [9.17, 15) is 18.0 Å². The molecule has 1 rings (SSSR count). The Morgan fingerprint density at radius 1 is 1.39 bits per heavy atom. The molecule has 0 radical (unpaired) electrons. The van der Waals surface area contributed by atoms with Gasteiger partial charge < -0.3 is 4.74 Å². The van der Waals surface area contributed by atoms with Crippen molar-refractivity contribution in [2.24, 2.45) is 0 Å². The van der Waals surface area contributed by atoms with Crippen LogP contribution in [0.25, 0.3) is 0 Å². The number of thiophene rings is 1. The van der Waals surface area contributed by atoms with Crippen molar-refractivity contribution in [2.75, 3.05) is 7.11 Å². The highest BCUT2D eigenvalue weighted by molar-refractivity contribution is 7.14. The van der Waals surface area contributed by atoms with Crippen molar-refractivity contribution in [3.63, 3.8) is 0 Å². The van der Waals surface area contributed by atoms with E-state index in [1.165, 1.54) is 18.4 Å². The Bertz CT molecular complexity index is 447. The number of Topliss-reactive ketones (excluding diaryl/α,β-unsaturated/α-hetero) is 1. The fourth-order valence-electron chi connectivity index (χ4n) is 1.71. The van der Waals surface area contributed by atoms with Crippen molar-refractivity contribution in [2.45, 2.75) is 38.8 Å². The van der Waals surface area contributed by atoms with Crippen LogP contribution in [0.2, 0.25) is 0 Å². The summed E-state index contributed by atoms with van der Waals surface area (Å²) in [6.45, 7) is 5.07. The summed E-state index contributed by atoms with van der Waals surface area (Å²) in [5, 5.41) is 0.562. The van der Waals surface area contributed by atoms with Gasteiger partial charge in [-0.3, -0.25) is 4.79 Å². The van der Waals surface area contributed by atoms with E-state index in [0.717, 1.165) is 4.88 Å². The molecule has 6 heteroatoms. The number of alkyl halides is 3. The summed E-state index contributed by atoms with van der Waals surface area (Å²) in [5.41, 5.74) is -0.256. The van der Waals surface area contributed by atoms with Crippen LogP contribution >= 0.6 is 11.3 Å². The van der Waals surface area contributed by atoms with Crippen LogP contribution in [0.5, 0.6) is 5.06 Å². The molecule has 0 aliphatic rings. The Morgan fingerprint density at radius 2 is 1.94 bits per heavy atom. The van der Waals surface area contributed by atoms with Gasteiger partial charge >= 0.3 is 6.18 Å². The molecule has 0 bridgehead atoms. The molecule has 18 heavy (non-hydrogen) atoms. The maximum absolute atomic E-state index is 12.3. The minimum atomic E-state index is -4.78. The Morgan fingerprint density at radius 3 is 2.39 bits per heavy atom. The van der Waals surface area contributed by atoms with Crippen LogP contribution in [0.1, 0.15) is 30.7 Å². The fourth-order valence-corrected chi connectivity index (χ4v) is 2.71. The van der Waals surface area contributed by atoms with E-state index in [1.807, 2.05) is 6.92 Å². The van der Waals surface area contributed by atoms with Crippen LogP contribution in [0, 0.1) is 6.92 Å². The zero-order valence-corrected chi connectivity index (χ0v) is 11.5. The molecule has 0 aliphatic heterocycles. The van der Waals surface area contributed by atoms with E-state index in [-0.39, 0.29) is 0 Å². The summed E-state index contributed by atoms with van der Waals surface area (Å²) in [5.74, 6) is -1.71. The van der Waals surface area contributed by atoms with Gasteiger partial charge in [-0.15, -0.1) is 11.3 Å². The van der Waals surface area contributed by atoms with Crippen molar-refractivity contribution >= 4 is 17.1 Å². The summed E-state index contributed by atoms with van der Waals surface area (Å²) < 4.78 is 42.1. The number of methoxy groups -OCH3 is 1. The number of hydrogen-bond donors (Lipinski definition) is 0. The van der Waals surface area contributed by atoms with Crippen LogP contribution in [0.4, 0.5) is 13.2 Å². The van der Waals surface area contributed by atoms with Gasteiger partial charge in [0.15, 0.2) is 5.06 Å². The molecule has 0 saturated carbocycles. The van der Waals surface area contributed by atoms with Crippen molar-refractivity contribution in [3.05, 3.63) is 16.5 Å². The lowest BCUT2D eigenvalue weighted by Crippen LogP contribution is -2.30. The Hall–Kier alpha value is -1.04. The summed E-state index contributed by atoms with van der Waals surface area (Å²) in [6, 6.07) is 1.77. The van der Waals surface area contributed by atoms with Gasteiger partial charge in [0.05, 0.1) is 7.11 Å². The van der Waals surface area contributed by atoms with Gasteiger partial charge in [-0.2, -0.15) is 13.2 Å². The summed E-state index contributed by atoms with van der Waals surface area (Å²) in [6.07, 6.45) is -5.36. The number of carbonyl (C=O) groups is 1. The van der Waals surface area contributed by atoms with E-state index in [1.54, 1.807) is 19.9 Å². The van der Waals surface area contributed by atoms with E-state index in [2.05, 4.69) is 0 Å². The SMILES string of the molecule is COc1sc(C)cc1C(C)(C)CC(=O)C(F)(F)F. The highest BCUT2D eigenvalue weighted by atomic mass is 32.1. The first-order chi connectivity index (χ1) is 8.08. The molecule has 1 aromatic rings. The third kappa shape index (κ3) is 3.25. The molecule has 0 aromatic carbocycles. The third-order valence-corrected chi connectivity index (χ3v) is 3.67. The first-order valence-corrected chi connectivity index (χ1v) is 6.14. The van der Waals surface area contributed by atoms with Crippen LogP contribution in [0.3, 0.4) is 0 Å². The second-order valence-electron chi connectivity index (χ2n) is 4.74. The molecular formula is C12H15F3O2S. The van der Waals surface area contributed by atoms with Crippen molar-refractivity contribution in [1.29, 1.82) is 0 Å². The smallest absolute Gasteiger partial charge is 0.450 e. The summed E-state index contributed by atoms with van der Waals surface area (Å²) in [4.78, 5) is 12.0. The summed E-state index contributed by atoms with van der Waals surface area (Å²) in [7, 11) is 1.47. The standard InChI is InChI=1S/C12H15F3O2S/c1-7-5-8(10(17-4)18-7)11(2,3)6-9(16)12(13,14)15/h5H,6H2,1-4H3. The molecule has 102 valence electrons. The number of ether oxygens (including phenoxy) is 1. The molecule has 0 amide bonds. The predicted octanol–water partition coefficient (Wildman–Crippen LogP) is 3.86. The third-order valence-electron chi connectivity index (χ3n) is 2.65. The van der Waals surface area contributed by atoms with Gasteiger partial charge in [-0.25, -0.2) is 0 Å². The molecule has 1 heterocycles. The maximum atomic E-state index is 12.3. The molecule has 0 aliphatic carbocycles. The highest BCUT2D eigenvalue weighted by Gasteiger charge is 2.42. The van der Waals surface area contributed by atoms with Crippen LogP contribution in [0.15, 0.2) is 6.07 Å². The first-order valence-electron chi connectivity index (χ1n) is 5.33. The van der Waals surface area contributed by atoms with Crippen LogP contribution in [-0.2, 0) is 10.2 Å². The number of aryl methyl sites for hydroxylation is 1. The number of ketones is 1. The maximum Gasteiger partial charge on any atom is 0.450 e. The molecule has 0 N–H and O–H groups in total. The normalized spacial score (nSPS) is 12.6. The lowest BCUT2D eigenvalue weighted by Gasteiger charge is -2.24. The van der Waals surface area contributed by atoms with Gasteiger partial charge in [-0.1, -0.05) is 13.8 Å². The van der Waals surface area contributed by atoms with Crippen LogP contribution in [-0.4, -0.2) is 19.1 Å². The lowest BCUT2D eigenvalue weighted by molar-refractivity contribution is -0.172. The highest BCUT2D eigenvalue weighted by Crippen LogP contribution is 2.41. The molecule has 0 unspecified atom stereocenters. The zero-order valence-electron chi connectivity index (χ0n) is 10.6. The van der Waals surface area contributed by atoms with Crippen molar-refractivity contribution < 1.29 is 22.7 Å². The predicted molar refractivity (Wildman–Crippen MR) is 64.3 cm³/mol. The number of carbonyl (C=O) groups excluding carboxylic acids is 1. The number of halogens is 3. The largest absolute Gasteiger partial charge is 0.487 e. The average molecular weight is 280 g/mol. The molecule has 2 nitrogen and oxygen atoms in total. The fraction of sp³-hybridized carbons (Fsp3) is 0.583. The first kappa shape index (κ1) is 15.0. The Labute approximate surface area is 108 Å². The summed E-state index contributed by atoms with van der Waals surface area (Å²) >= 11 is 1.36. The topological polar surface area (TPSA) is 26.3 Å². The Kier molecular flexibility index (Phi) is 4.10. The second kappa shape index (κ2) is 4.91. The molecule has 1 aromatic heterocycles. The molecule has 0 spiro atoms. The van der Waals surface area contributed by atoms with Gasteiger partial charge in [-0.05, 0) is 13.0 Å². The van der Waals surface area contributed by atoms with Crippen molar-refractivity contribution in [3.8, 4) is 5.06 Å². The minimum absolute atomic E-state index is 0.562. The molecular weight excluding hydrogens is 265 g/mol. The number of rotatable bonds is 4. The van der Waals surface area contributed by atoms with E-state index < -0.39 is 23.8 Å². The lowest BCUT2D eigenvalue weighted by atomic mass is 9.81. The molecule has 0 atom stereocenters. The van der Waals surface area contributed by atoms with Crippen LogP contribution < -0.4 is 4.74 Å². The van der Waals surface area contributed by atoms with E-state index in [4.69, 9.17) is 4.74 Å². The number of hydrogen-bond acceptors (Lipinski definition) is 3. The second-order valence-corrected chi connectivity index (χ2v) is 5.96. The van der Waals surface area contributed by atoms with Crippen molar-refractivity contribution in [1.82, 2.24) is 0 Å². The quantitative estimate of drug-likeness (QED) is 0.837.